The Morgan fingerprint density at radius 3 is 2.65 bits per heavy atom. The van der Waals surface area contributed by atoms with Crippen LogP contribution in [0.2, 0.25) is 0 Å². The Morgan fingerprint density at radius 1 is 1.26 bits per heavy atom. The Balaban J connectivity index is 1.72. The number of morpholine rings is 1. The summed E-state index contributed by atoms with van der Waals surface area (Å²) in [5, 5.41) is 3.03. The fourth-order valence-electron chi connectivity index (χ4n) is 3.54. The van der Waals surface area contributed by atoms with E-state index in [0.29, 0.717) is 12.5 Å². The standard InChI is InChI=1S/C18H24N2O3/c1-20-15(21)12-23-17(16(20)14-9-3-2-4-10-14)18(22)19-11-13-7-5-6-8-13/h2-4,9-10,13,16-17H,5-8,11-12H2,1H3,(H,19,22)/t16-,17+/m1/s1. The second-order valence-corrected chi connectivity index (χ2v) is 6.49. The Kier molecular flexibility index (Phi) is 4.96. The van der Waals surface area contributed by atoms with Gasteiger partial charge in [-0.3, -0.25) is 9.59 Å². The predicted molar refractivity (Wildman–Crippen MR) is 86.7 cm³/mol. The molecule has 5 heteroatoms. The van der Waals surface area contributed by atoms with Crippen LogP contribution in [0.1, 0.15) is 37.3 Å². The summed E-state index contributed by atoms with van der Waals surface area (Å²) in [5.74, 6) is 0.362. The maximum Gasteiger partial charge on any atom is 0.251 e. The zero-order valence-electron chi connectivity index (χ0n) is 13.5. The van der Waals surface area contributed by atoms with Gasteiger partial charge >= 0.3 is 0 Å². The maximum absolute atomic E-state index is 12.6. The van der Waals surface area contributed by atoms with Gasteiger partial charge in [0.05, 0.1) is 6.04 Å². The van der Waals surface area contributed by atoms with E-state index < -0.39 is 6.10 Å². The van der Waals surface area contributed by atoms with E-state index in [0.717, 1.165) is 5.56 Å². The van der Waals surface area contributed by atoms with Crippen molar-refractivity contribution in [2.75, 3.05) is 20.2 Å². The molecule has 0 radical (unpaired) electrons. The molecule has 1 saturated heterocycles. The quantitative estimate of drug-likeness (QED) is 0.923. The molecule has 0 spiro atoms. The molecule has 1 N–H and O–H groups in total. The fraction of sp³-hybridized carbons (Fsp3) is 0.556. The monoisotopic (exact) mass is 316 g/mol. The van der Waals surface area contributed by atoms with Crippen LogP contribution in [0.3, 0.4) is 0 Å². The average molecular weight is 316 g/mol. The highest BCUT2D eigenvalue weighted by atomic mass is 16.5. The summed E-state index contributed by atoms with van der Waals surface area (Å²) in [4.78, 5) is 26.2. The van der Waals surface area contributed by atoms with E-state index >= 15 is 0 Å². The average Bonchev–Trinajstić information content (AvgIpc) is 3.09. The topological polar surface area (TPSA) is 58.6 Å². The largest absolute Gasteiger partial charge is 0.356 e. The molecule has 1 aliphatic heterocycles. The van der Waals surface area contributed by atoms with Crippen LogP contribution in [-0.4, -0.2) is 43.0 Å². The van der Waals surface area contributed by atoms with Crippen LogP contribution in [0.5, 0.6) is 0 Å². The summed E-state index contributed by atoms with van der Waals surface area (Å²) in [7, 11) is 1.74. The van der Waals surface area contributed by atoms with Crippen molar-refractivity contribution in [1.29, 1.82) is 0 Å². The minimum Gasteiger partial charge on any atom is -0.356 e. The second-order valence-electron chi connectivity index (χ2n) is 6.49. The summed E-state index contributed by atoms with van der Waals surface area (Å²) in [6.45, 7) is 0.666. The van der Waals surface area contributed by atoms with Crippen LogP contribution in [0.4, 0.5) is 0 Å². The number of hydrogen-bond donors (Lipinski definition) is 1. The molecule has 0 unspecified atom stereocenters. The van der Waals surface area contributed by atoms with E-state index in [1.165, 1.54) is 25.7 Å². The van der Waals surface area contributed by atoms with Gasteiger partial charge in [-0.25, -0.2) is 0 Å². The normalized spacial score (nSPS) is 25.6. The number of carbonyl (C=O) groups is 2. The van der Waals surface area contributed by atoms with Crippen LogP contribution < -0.4 is 5.32 Å². The van der Waals surface area contributed by atoms with Crippen LogP contribution in [-0.2, 0) is 14.3 Å². The molecule has 5 nitrogen and oxygen atoms in total. The number of nitrogens with one attached hydrogen (secondary N) is 1. The molecule has 1 aliphatic carbocycles. The van der Waals surface area contributed by atoms with Gasteiger partial charge < -0.3 is 15.0 Å². The van der Waals surface area contributed by atoms with Gasteiger partial charge in [0.1, 0.15) is 6.61 Å². The highest BCUT2D eigenvalue weighted by Gasteiger charge is 2.40. The van der Waals surface area contributed by atoms with E-state index in [1.807, 2.05) is 30.3 Å². The van der Waals surface area contributed by atoms with E-state index in [-0.39, 0.29) is 24.5 Å². The molecule has 3 rings (SSSR count). The molecule has 0 aromatic heterocycles. The predicted octanol–water partition coefficient (Wildman–Crippen LogP) is 1.89. The molecule has 2 fully saturated rings. The van der Waals surface area contributed by atoms with Crippen LogP contribution in [0.15, 0.2) is 30.3 Å². The van der Waals surface area contributed by atoms with Gasteiger partial charge in [-0.2, -0.15) is 0 Å². The van der Waals surface area contributed by atoms with E-state index in [9.17, 15) is 9.59 Å². The van der Waals surface area contributed by atoms with Crippen LogP contribution >= 0.6 is 0 Å². The van der Waals surface area contributed by atoms with E-state index in [1.54, 1.807) is 11.9 Å². The number of likely N-dealkylation sites (N-methyl/N-ethyl adjacent to an activating group) is 1. The third kappa shape index (κ3) is 3.55. The number of hydrogen-bond acceptors (Lipinski definition) is 3. The van der Waals surface area contributed by atoms with E-state index in [2.05, 4.69) is 5.32 Å². The first-order chi connectivity index (χ1) is 11.2. The van der Waals surface area contributed by atoms with Crippen molar-refractivity contribution in [3.05, 3.63) is 35.9 Å². The third-order valence-corrected chi connectivity index (χ3v) is 4.92. The summed E-state index contributed by atoms with van der Waals surface area (Å²) < 4.78 is 5.60. The molecule has 2 aliphatic rings. The summed E-state index contributed by atoms with van der Waals surface area (Å²) in [6, 6.07) is 9.23. The lowest BCUT2D eigenvalue weighted by Crippen LogP contribution is -2.53. The van der Waals surface area contributed by atoms with Gasteiger partial charge in [-0.1, -0.05) is 43.2 Å². The first-order valence-corrected chi connectivity index (χ1v) is 8.36. The van der Waals surface area contributed by atoms with Crippen molar-refractivity contribution in [3.8, 4) is 0 Å². The van der Waals surface area contributed by atoms with Crippen LogP contribution in [0, 0.1) is 5.92 Å². The van der Waals surface area contributed by atoms with Crippen molar-refractivity contribution in [3.63, 3.8) is 0 Å². The first kappa shape index (κ1) is 16.0. The minimum absolute atomic E-state index is 0.0403. The molecule has 1 heterocycles. The third-order valence-electron chi connectivity index (χ3n) is 4.92. The molecule has 1 saturated carbocycles. The Morgan fingerprint density at radius 2 is 1.96 bits per heavy atom. The lowest BCUT2D eigenvalue weighted by molar-refractivity contribution is -0.162. The smallest absolute Gasteiger partial charge is 0.251 e. The number of amides is 2. The summed E-state index contributed by atoms with van der Waals surface area (Å²) >= 11 is 0. The SMILES string of the molecule is CN1C(=O)CO[C@H](C(=O)NCC2CCCC2)[C@H]1c1ccccc1. The van der Waals surface area contributed by atoms with Crippen molar-refractivity contribution < 1.29 is 14.3 Å². The Hall–Kier alpha value is -1.88. The van der Waals surface area contributed by atoms with Crippen molar-refractivity contribution in [2.24, 2.45) is 5.92 Å². The molecule has 1 aromatic rings. The highest BCUT2D eigenvalue weighted by molar-refractivity contribution is 5.86. The minimum atomic E-state index is -0.651. The maximum atomic E-state index is 12.6. The number of benzene rings is 1. The number of carbonyl (C=O) groups excluding carboxylic acids is 2. The summed E-state index contributed by atoms with van der Waals surface area (Å²) in [5.41, 5.74) is 0.920. The van der Waals surface area contributed by atoms with Gasteiger partial charge in [-0.15, -0.1) is 0 Å². The molecular formula is C18H24N2O3. The molecule has 0 bridgehead atoms. The molecule has 23 heavy (non-hydrogen) atoms. The molecule has 2 atom stereocenters. The zero-order chi connectivity index (χ0) is 16.2. The van der Waals surface area contributed by atoms with Gasteiger partial charge in [0, 0.05) is 13.6 Å². The lowest BCUT2D eigenvalue weighted by atomic mass is 9.97. The molecule has 124 valence electrons. The van der Waals surface area contributed by atoms with E-state index in [4.69, 9.17) is 4.74 Å². The lowest BCUT2D eigenvalue weighted by Gasteiger charge is -2.38. The van der Waals surface area contributed by atoms with Crippen molar-refractivity contribution in [1.82, 2.24) is 10.2 Å². The number of ether oxygens (including phenoxy) is 1. The van der Waals surface area contributed by atoms with Crippen molar-refractivity contribution >= 4 is 11.8 Å². The van der Waals surface area contributed by atoms with Gasteiger partial charge in [-0.05, 0) is 24.3 Å². The number of nitrogens with zero attached hydrogens (tertiary/aromatic N) is 1. The first-order valence-electron chi connectivity index (χ1n) is 8.36. The van der Waals surface area contributed by atoms with Gasteiger partial charge in [0.2, 0.25) is 5.91 Å². The Labute approximate surface area is 137 Å². The van der Waals surface area contributed by atoms with Gasteiger partial charge in [0.25, 0.3) is 5.91 Å². The van der Waals surface area contributed by atoms with Crippen molar-refractivity contribution in [2.45, 2.75) is 37.8 Å². The zero-order valence-corrected chi connectivity index (χ0v) is 13.5. The molecule has 2 amide bonds. The second kappa shape index (κ2) is 7.13. The molecular weight excluding hydrogens is 292 g/mol. The van der Waals surface area contributed by atoms with Crippen LogP contribution in [0.25, 0.3) is 0 Å². The molecule has 1 aromatic carbocycles. The number of rotatable bonds is 4. The van der Waals surface area contributed by atoms with Gasteiger partial charge in [0.15, 0.2) is 6.10 Å². The Bertz CT molecular complexity index is 555. The fourth-order valence-corrected chi connectivity index (χ4v) is 3.54. The summed E-state index contributed by atoms with van der Waals surface area (Å²) in [6.07, 6.45) is 4.23. The highest BCUT2D eigenvalue weighted by Crippen LogP contribution is 2.29.